The Labute approximate surface area is 178 Å². The number of carbonyl (C=O) groups excluding carboxylic acids is 2. The summed E-state index contributed by atoms with van der Waals surface area (Å²) in [6.07, 6.45) is 7.75. The normalized spacial score (nSPS) is 21.8. The molecule has 5 nitrogen and oxygen atoms in total. The van der Waals surface area contributed by atoms with Crippen LogP contribution in [0.3, 0.4) is 0 Å². The SMILES string of the molecule is CCC(CC)[C@@H]1C(=O)N[C@H](C2Cc3ccccc3C2)C(=O)N1CCc1cccnc1. The lowest BCUT2D eigenvalue weighted by Gasteiger charge is -2.43. The minimum Gasteiger partial charge on any atom is -0.342 e. The highest BCUT2D eigenvalue weighted by molar-refractivity contribution is 5.97. The molecular weight excluding hydrogens is 374 g/mol. The van der Waals surface area contributed by atoms with Gasteiger partial charge in [0.25, 0.3) is 0 Å². The van der Waals surface area contributed by atoms with E-state index in [4.69, 9.17) is 0 Å². The number of piperazine rings is 1. The molecule has 0 radical (unpaired) electrons. The van der Waals surface area contributed by atoms with Gasteiger partial charge in [-0.15, -0.1) is 0 Å². The lowest BCUT2D eigenvalue weighted by molar-refractivity contribution is -0.153. The smallest absolute Gasteiger partial charge is 0.246 e. The van der Waals surface area contributed by atoms with Crippen LogP contribution in [-0.4, -0.2) is 40.3 Å². The van der Waals surface area contributed by atoms with Crippen molar-refractivity contribution in [2.24, 2.45) is 11.8 Å². The Morgan fingerprint density at radius 2 is 1.77 bits per heavy atom. The lowest BCUT2D eigenvalue weighted by atomic mass is 9.86. The molecule has 2 heterocycles. The lowest BCUT2D eigenvalue weighted by Crippen LogP contribution is -2.67. The monoisotopic (exact) mass is 405 g/mol. The van der Waals surface area contributed by atoms with Gasteiger partial charge >= 0.3 is 0 Å². The van der Waals surface area contributed by atoms with Gasteiger partial charge in [-0.3, -0.25) is 14.6 Å². The highest BCUT2D eigenvalue weighted by atomic mass is 16.2. The van der Waals surface area contributed by atoms with Gasteiger partial charge in [0.1, 0.15) is 12.1 Å². The van der Waals surface area contributed by atoms with E-state index >= 15 is 0 Å². The summed E-state index contributed by atoms with van der Waals surface area (Å²) >= 11 is 0. The molecule has 2 amide bonds. The van der Waals surface area contributed by atoms with Gasteiger partial charge in [-0.1, -0.05) is 57.0 Å². The summed E-state index contributed by atoms with van der Waals surface area (Å²) < 4.78 is 0. The Bertz CT molecular complexity index is 869. The van der Waals surface area contributed by atoms with Crippen LogP contribution in [-0.2, 0) is 28.9 Å². The van der Waals surface area contributed by atoms with Crippen LogP contribution in [0.2, 0.25) is 0 Å². The molecule has 2 aliphatic rings. The number of carbonyl (C=O) groups is 2. The Morgan fingerprint density at radius 1 is 1.07 bits per heavy atom. The Kier molecular flexibility index (Phi) is 6.16. The number of amides is 2. The van der Waals surface area contributed by atoms with Crippen LogP contribution >= 0.6 is 0 Å². The average Bonchev–Trinajstić information content (AvgIpc) is 3.20. The van der Waals surface area contributed by atoms with Crippen molar-refractivity contribution in [3.63, 3.8) is 0 Å². The standard InChI is InChI=1S/C25H31N3O2/c1-3-18(4-2)23-24(29)27-22(21-14-19-9-5-6-10-20(19)15-21)25(30)28(23)13-11-17-8-7-12-26-16-17/h5-10,12,16,18,21-23H,3-4,11,13-15H2,1-2H3,(H,27,29)/t22-,23-/m1/s1. The van der Waals surface area contributed by atoms with Crippen LogP contribution in [0.1, 0.15) is 43.4 Å². The van der Waals surface area contributed by atoms with Crippen LogP contribution in [0.4, 0.5) is 0 Å². The molecule has 158 valence electrons. The van der Waals surface area contributed by atoms with E-state index < -0.39 is 6.04 Å². The second kappa shape index (κ2) is 8.99. The first-order chi connectivity index (χ1) is 14.6. The summed E-state index contributed by atoms with van der Waals surface area (Å²) in [6.45, 7) is 4.76. The fourth-order valence-corrected chi connectivity index (χ4v) is 5.15. The molecule has 0 spiro atoms. The van der Waals surface area contributed by atoms with Gasteiger partial charge in [0.05, 0.1) is 0 Å². The highest BCUT2D eigenvalue weighted by Gasteiger charge is 2.46. The van der Waals surface area contributed by atoms with Gasteiger partial charge in [0, 0.05) is 18.9 Å². The van der Waals surface area contributed by atoms with Crippen LogP contribution in [0, 0.1) is 11.8 Å². The molecule has 2 aromatic rings. The molecule has 2 atom stereocenters. The van der Waals surface area contributed by atoms with E-state index in [0.717, 1.165) is 31.2 Å². The molecule has 1 aliphatic carbocycles. The van der Waals surface area contributed by atoms with Gasteiger partial charge in [0.2, 0.25) is 11.8 Å². The van der Waals surface area contributed by atoms with Crippen molar-refractivity contribution in [2.75, 3.05) is 6.54 Å². The molecule has 4 rings (SSSR count). The van der Waals surface area contributed by atoms with Gasteiger partial charge in [0.15, 0.2) is 0 Å². The predicted octanol–water partition coefficient (Wildman–Crippen LogP) is 3.17. The maximum Gasteiger partial charge on any atom is 0.246 e. The van der Waals surface area contributed by atoms with Gasteiger partial charge < -0.3 is 10.2 Å². The third kappa shape index (κ3) is 3.98. The molecule has 0 saturated carbocycles. The van der Waals surface area contributed by atoms with E-state index in [9.17, 15) is 9.59 Å². The van der Waals surface area contributed by atoms with Crippen molar-refractivity contribution >= 4 is 11.8 Å². The van der Waals surface area contributed by atoms with Crippen molar-refractivity contribution < 1.29 is 9.59 Å². The molecule has 1 fully saturated rings. The van der Waals surface area contributed by atoms with E-state index in [1.54, 1.807) is 6.20 Å². The average molecular weight is 406 g/mol. The third-order valence-electron chi connectivity index (χ3n) is 6.86. The zero-order valence-electron chi connectivity index (χ0n) is 17.9. The molecule has 1 aromatic carbocycles. The summed E-state index contributed by atoms with van der Waals surface area (Å²) in [5.74, 6) is 0.385. The second-order valence-electron chi connectivity index (χ2n) is 8.59. The van der Waals surface area contributed by atoms with E-state index in [1.165, 1.54) is 11.1 Å². The Hall–Kier alpha value is -2.69. The number of rotatable bonds is 7. The first kappa shape index (κ1) is 20.6. The zero-order valence-corrected chi connectivity index (χ0v) is 17.9. The zero-order chi connectivity index (χ0) is 21.1. The van der Waals surface area contributed by atoms with Crippen molar-refractivity contribution in [2.45, 2.75) is 58.0 Å². The van der Waals surface area contributed by atoms with Crippen molar-refractivity contribution in [3.05, 3.63) is 65.5 Å². The maximum absolute atomic E-state index is 13.7. The van der Waals surface area contributed by atoms with Crippen molar-refractivity contribution in [1.29, 1.82) is 0 Å². The molecule has 1 saturated heterocycles. The number of fused-ring (bicyclic) bond motifs is 1. The maximum atomic E-state index is 13.7. The first-order valence-corrected chi connectivity index (χ1v) is 11.2. The number of nitrogens with zero attached hydrogens (tertiary/aromatic N) is 2. The number of aromatic nitrogens is 1. The molecule has 0 unspecified atom stereocenters. The molecular formula is C25H31N3O2. The fraction of sp³-hybridized carbons (Fsp3) is 0.480. The fourth-order valence-electron chi connectivity index (χ4n) is 5.15. The largest absolute Gasteiger partial charge is 0.342 e. The number of benzene rings is 1. The topological polar surface area (TPSA) is 62.3 Å². The molecule has 0 bridgehead atoms. The van der Waals surface area contributed by atoms with Crippen LogP contribution in [0.5, 0.6) is 0 Å². The van der Waals surface area contributed by atoms with E-state index in [-0.39, 0.29) is 29.7 Å². The summed E-state index contributed by atoms with van der Waals surface area (Å²) in [7, 11) is 0. The second-order valence-corrected chi connectivity index (χ2v) is 8.59. The summed E-state index contributed by atoms with van der Waals surface area (Å²) in [5, 5.41) is 3.13. The van der Waals surface area contributed by atoms with Gasteiger partial charge in [-0.25, -0.2) is 0 Å². The number of nitrogens with one attached hydrogen (secondary N) is 1. The molecule has 5 heteroatoms. The van der Waals surface area contributed by atoms with E-state index in [0.29, 0.717) is 13.0 Å². The highest BCUT2D eigenvalue weighted by Crippen LogP contribution is 2.32. The quantitative estimate of drug-likeness (QED) is 0.770. The van der Waals surface area contributed by atoms with Crippen LogP contribution < -0.4 is 5.32 Å². The first-order valence-electron chi connectivity index (χ1n) is 11.2. The predicted molar refractivity (Wildman–Crippen MR) is 117 cm³/mol. The van der Waals surface area contributed by atoms with Crippen LogP contribution in [0.15, 0.2) is 48.8 Å². The van der Waals surface area contributed by atoms with Gasteiger partial charge in [-0.05, 0) is 53.9 Å². The summed E-state index contributed by atoms with van der Waals surface area (Å²) in [6, 6.07) is 11.5. The summed E-state index contributed by atoms with van der Waals surface area (Å²) in [5.41, 5.74) is 3.69. The number of pyridine rings is 1. The van der Waals surface area contributed by atoms with Gasteiger partial charge in [-0.2, -0.15) is 0 Å². The third-order valence-corrected chi connectivity index (χ3v) is 6.86. The van der Waals surface area contributed by atoms with Crippen molar-refractivity contribution in [3.8, 4) is 0 Å². The number of hydrogen-bond acceptors (Lipinski definition) is 3. The minimum absolute atomic E-state index is 0.00967. The number of hydrogen-bond donors (Lipinski definition) is 1. The van der Waals surface area contributed by atoms with E-state index in [2.05, 4.69) is 36.3 Å². The van der Waals surface area contributed by atoms with Crippen molar-refractivity contribution in [1.82, 2.24) is 15.2 Å². The molecule has 30 heavy (non-hydrogen) atoms. The van der Waals surface area contributed by atoms with Crippen LogP contribution in [0.25, 0.3) is 0 Å². The molecule has 1 aliphatic heterocycles. The molecule has 1 aromatic heterocycles. The summed E-state index contributed by atoms with van der Waals surface area (Å²) in [4.78, 5) is 33.0. The molecule has 1 N–H and O–H groups in total. The minimum atomic E-state index is -0.440. The Morgan fingerprint density at radius 3 is 2.37 bits per heavy atom. The Balaban J connectivity index is 1.56. The van der Waals surface area contributed by atoms with E-state index in [1.807, 2.05) is 35.4 Å².